The molecular weight excluding hydrogens is 376 g/mol. The molecule has 0 heterocycles. The number of benzene rings is 2. The van der Waals surface area contributed by atoms with E-state index < -0.39 is 10.0 Å². The number of sulfonamides is 1. The summed E-state index contributed by atoms with van der Waals surface area (Å²) in [6, 6.07) is 10.5. The van der Waals surface area contributed by atoms with Crippen LogP contribution in [-0.2, 0) is 10.0 Å². The van der Waals surface area contributed by atoms with Crippen molar-refractivity contribution in [3.8, 4) is 5.75 Å². The average Bonchev–Trinajstić information content (AvgIpc) is 2.60. The van der Waals surface area contributed by atoms with Crippen LogP contribution in [-0.4, -0.2) is 34.5 Å². The summed E-state index contributed by atoms with van der Waals surface area (Å²) in [7, 11) is -0.862. The predicted octanol–water partition coefficient (Wildman–Crippen LogP) is 3.31. The maximum atomic E-state index is 12.8. The first-order chi connectivity index (χ1) is 12.2. The Bertz CT molecular complexity index is 896. The fourth-order valence-corrected chi connectivity index (χ4v) is 3.66. The molecule has 0 radical (unpaired) electrons. The number of rotatable bonds is 6. The van der Waals surface area contributed by atoms with Gasteiger partial charge in [-0.3, -0.25) is 9.10 Å². The van der Waals surface area contributed by atoms with Gasteiger partial charge in [0.15, 0.2) is 0 Å². The highest BCUT2D eigenvalue weighted by atomic mass is 35.5. The van der Waals surface area contributed by atoms with Crippen LogP contribution in [0.4, 0.5) is 5.69 Å². The maximum absolute atomic E-state index is 12.8. The number of anilines is 1. The molecule has 1 N–H and O–H groups in total. The summed E-state index contributed by atoms with van der Waals surface area (Å²) in [6.07, 6.45) is 0. The highest BCUT2D eigenvalue weighted by Gasteiger charge is 2.23. The Labute approximate surface area is 158 Å². The van der Waals surface area contributed by atoms with Crippen LogP contribution >= 0.6 is 11.6 Å². The summed E-state index contributed by atoms with van der Waals surface area (Å²) in [5, 5.41) is 3.00. The van der Waals surface area contributed by atoms with Crippen LogP contribution in [0.5, 0.6) is 5.75 Å². The smallest absolute Gasteiger partial charge is 0.264 e. The van der Waals surface area contributed by atoms with E-state index in [1.807, 2.05) is 13.8 Å². The van der Waals surface area contributed by atoms with Crippen molar-refractivity contribution >= 4 is 33.2 Å². The Morgan fingerprint density at radius 3 is 2.31 bits per heavy atom. The second-order valence-corrected chi connectivity index (χ2v) is 8.32. The maximum Gasteiger partial charge on any atom is 0.264 e. The highest BCUT2D eigenvalue weighted by Crippen LogP contribution is 2.27. The molecule has 140 valence electrons. The lowest BCUT2D eigenvalue weighted by Gasteiger charge is -2.21. The van der Waals surface area contributed by atoms with Crippen molar-refractivity contribution in [1.29, 1.82) is 0 Å². The predicted molar refractivity (Wildman–Crippen MR) is 103 cm³/mol. The SMILES string of the molecule is COc1ccc(S(=O)(=O)N(C)c2ccc(Cl)c(C(=O)NC(C)C)c2)cc1. The van der Waals surface area contributed by atoms with Crippen LogP contribution in [0.25, 0.3) is 0 Å². The fraction of sp³-hybridized carbons (Fsp3) is 0.278. The van der Waals surface area contributed by atoms with E-state index in [0.717, 1.165) is 4.31 Å². The molecule has 26 heavy (non-hydrogen) atoms. The van der Waals surface area contributed by atoms with Gasteiger partial charge in [-0.25, -0.2) is 8.42 Å². The molecule has 2 aromatic rings. The molecule has 8 heteroatoms. The van der Waals surface area contributed by atoms with Crippen LogP contribution in [0, 0.1) is 0 Å². The molecule has 0 saturated heterocycles. The van der Waals surface area contributed by atoms with Gasteiger partial charge in [0.05, 0.1) is 28.3 Å². The van der Waals surface area contributed by atoms with Crippen molar-refractivity contribution in [3.05, 3.63) is 53.1 Å². The van der Waals surface area contributed by atoms with E-state index in [4.69, 9.17) is 16.3 Å². The van der Waals surface area contributed by atoms with E-state index in [-0.39, 0.29) is 27.4 Å². The van der Waals surface area contributed by atoms with Crippen molar-refractivity contribution in [2.24, 2.45) is 0 Å². The van der Waals surface area contributed by atoms with E-state index >= 15 is 0 Å². The zero-order valence-corrected chi connectivity index (χ0v) is 16.6. The fourth-order valence-electron chi connectivity index (χ4n) is 2.27. The van der Waals surface area contributed by atoms with Crippen LogP contribution in [0.15, 0.2) is 47.4 Å². The van der Waals surface area contributed by atoms with Crippen molar-refractivity contribution in [2.75, 3.05) is 18.5 Å². The lowest BCUT2D eigenvalue weighted by molar-refractivity contribution is 0.0943. The average molecular weight is 397 g/mol. The number of ether oxygens (including phenoxy) is 1. The largest absolute Gasteiger partial charge is 0.497 e. The minimum absolute atomic E-state index is 0.0667. The minimum atomic E-state index is -3.79. The number of nitrogens with zero attached hydrogens (tertiary/aromatic N) is 1. The molecule has 0 atom stereocenters. The molecule has 1 amide bonds. The van der Waals surface area contributed by atoms with Crippen LogP contribution in [0.1, 0.15) is 24.2 Å². The molecule has 0 spiro atoms. The summed E-state index contributed by atoms with van der Waals surface area (Å²) in [6.45, 7) is 3.66. The standard InChI is InChI=1S/C18H21ClN2O4S/c1-12(2)20-18(22)16-11-13(5-10-17(16)19)21(3)26(23,24)15-8-6-14(25-4)7-9-15/h5-12H,1-4H3,(H,20,22). The first-order valence-corrected chi connectivity index (χ1v) is 9.72. The number of halogens is 1. The normalized spacial score (nSPS) is 11.3. The van der Waals surface area contributed by atoms with Crippen molar-refractivity contribution in [2.45, 2.75) is 24.8 Å². The Morgan fingerprint density at radius 1 is 1.15 bits per heavy atom. The number of hydrogen-bond donors (Lipinski definition) is 1. The van der Waals surface area contributed by atoms with Gasteiger partial charge in [0.25, 0.3) is 15.9 Å². The van der Waals surface area contributed by atoms with Gasteiger partial charge in [-0.2, -0.15) is 0 Å². The third kappa shape index (κ3) is 4.28. The third-order valence-corrected chi connectivity index (χ3v) is 5.83. The van der Waals surface area contributed by atoms with Gasteiger partial charge < -0.3 is 10.1 Å². The van der Waals surface area contributed by atoms with E-state index in [1.54, 1.807) is 18.2 Å². The molecule has 2 rings (SSSR count). The number of carbonyl (C=O) groups excluding carboxylic acids is 1. The number of methoxy groups -OCH3 is 1. The van der Waals surface area contributed by atoms with Crippen molar-refractivity contribution in [3.63, 3.8) is 0 Å². The Morgan fingerprint density at radius 2 is 1.77 bits per heavy atom. The van der Waals surface area contributed by atoms with Crippen molar-refractivity contribution in [1.82, 2.24) is 5.32 Å². The molecule has 0 aliphatic heterocycles. The number of carbonyl (C=O) groups is 1. The highest BCUT2D eigenvalue weighted by molar-refractivity contribution is 7.92. The lowest BCUT2D eigenvalue weighted by Crippen LogP contribution is -2.31. The molecule has 0 bridgehead atoms. The summed E-state index contributed by atoms with van der Waals surface area (Å²) >= 11 is 6.10. The molecule has 0 aliphatic carbocycles. The van der Waals surface area contributed by atoms with Gasteiger partial charge in [0, 0.05) is 13.1 Å². The van der Waals surface area contributed by atoms with Crippen LogP contribution in [0.2, 0.25) is 5.02 Å². The number of nitrogens with one attached hydrogen (secondary N) is 1. The van der Waals surface area contributed by atoms with E-state index in [0.29, 0.717) is 11.4 Å². The second-order valence-electron chi connectivity index (χ2n) is 5.94. The molecule has 0 aromatic heterocycles. The van der Waals surface area contributed by atoms with Crippen molar-refractivity contribution < 1.29 is 17.9 Å². The van der Waals surface area contributed by atoms with E-state index in [1.165, 1.54) is 38.4 Å². The summed E-state index contributed by atoms with van der Waals surface area (Å²) in [5.74, 6) is 0.202. The number of amides is 1. The zero-order chi connectivity index (χ0) is 19.5. The van der Waals surface area contributed by atoms with Gasteiger partial charge >= 0.3 is 0 Å². The molecule has 0 fully saturated rings. The summed E-state index contributed by atoms with van der Waals surface area (Å²) in [4.78, 5) is 12.4. The van der Waals surface area contributed by atoms with Gasteiger partial charge in [-0.05, 0) is 56.3 Å². The van der Waals surface area contributed by atoms with Gasteiger partial charge in [-0.1, -0.05) is 11.6 Å². The molecule has 0 aliphatic rings. The summed E-state index contributed by atoms with van der Waals surface area (Å²) in [5.41, 5.74) is 0.550. The Hall–Kier alpha value is -2.25. The molecular formula is C18H21ClN2O4S. The Kier molecular flexibility index (Phi) is 6.15. The number of hydrogen-bond acceptors (Lipinski definition) is 4. The molecule has 2 aromatic carbocycles. The third-order valence-electron chi connectivity index (χ3n) is 3.70. The molecule has 0 unspecified atom stereocenters. The lowest BCUT2D eigenvalue weighted by atomic mass is 10.1. The van der Waals surface area contributed by atoms with Crippen LogP contribution in [0.3, 0.4) is 0 Å². The summed E-state index contributed by atoms with van der Waals surface area (Å²) < 4.78 is 31.8. The van der Waals surface area contributed by atoms with Gasteiger partial charge in [0.2, 0.25) is 0 Å². The Balaban J connectivity index is 2.38. The van der Waals surface area contributed by atoms with E-state index in [9.17, 15) is 13.2 Å². The van der Waals surface area contributed by atoms with Gasteiger partial charge in [0.1, 0.15) is 5.75 Å². The molecule has 6 nitrogen and oxygen atoms in total. The van der Waals surface area contributed by atoms with Gasteiger partial charge in [-0.15, -0.1) is 0 Å². The first-order valence-electron chi connectivity index (χ1n) is 7.90. The topological polar surface area (TPSA) is 75.7 Å². The molecule has 0 saturated carbocycles. The monoisotopic (exact) mass is 396 g/mol. The second kappa shape index (κ2) is 7.97. The quantitative estimate of drug-likeness (QED) is 0.812. The minimum Gasteiger partial charge on any atom is -0.497 e. The van der Waals surface area contributed by atoms with Crippen LogP contribution < -0.4 is 14.4 Å². The van der Waals surface area contributed by atoms with E-state index in [2.05, 4.69) is 5.32 Å². The zero-order valence-electron chi connectivity index (χ0n) is 15.0. The first kappa shape index (κ1) is 20.1.